The normalized spacial score (nSPS) is 11.6. The number of nitriles is 1. The minimum Gasteiger partial charge on any atom is -0.368 e. The van der Waals surface area contributed by atoms with Gasteiger partial charge in [-0.15, -0.1) is 0 Å². The van der Waals surface area contributed by atoms with Gasteiger partial charge in [-0.1, -0.05) is 29.3 Å². The minimum atomic E-state index is -0.565. The molecule has 0 aliphatic heterocycles. The van der Waals surface area contributed by atoms with E-state index in [2.05, 4.69) is 0 Å². The minimum absolute atomic E-state index is 0.0284. The molecule has 0 unspecified atom stereocenters. The van der Waals surface area contributed by atoms with Crippen LogP contribution in [-0.2, 0) is 0 Å². The number of nitro benzene ring substituents is 1. The molecule has 2 aromatic rings. The standard InChI is InChI=1S/C16H13Cl2N3O2/c1-10(11-3-5-14(17)15(18)8-11)20(2)13-4-6-16(21(22)23)12(7-13)9-19/h3-8,10H,1-2H3/t10-/m0/s1. The second-order valence-electron chi connectivity index (χ2n) is 5.03. The number of halogens is 2. The Hall–Kier alpha value is -2.29. The highest BCUT2D eigenvalue weighted by molar-refractivity contribution is 6.42. The Balaban J connectivity index is 2.36. The van der Waals surface area contributed by atoms with Crippen molar-refractivity contribution in [1.29, 1.82) is 5.26 Å². The van der Waals surface area contributed by atoms with Crippen LogP contribution in [0, 0.1) is 21.4 Å². The molecule has 2 rings (SSSR count). The fourth-order valence-corrected chi connectivity index (χ4v) is 2.52. The van der Waals surface area contributed by atoms with E-state index < -0.39 is 4.92 Å². The van der Waals surface area contributed by atoms with Crippen LogP contribution in [0.2, 0.25) is 10.0 Å². The first-order valence-corrected chi connectivity index (χ1v) is 7.47. The van der Waals surface area contributed by atoms with E-state index in [9.17, 15) is 10.1 Å². The van der Waals surface area contributed by atoms with E-state index in [4.69, 9.17) is 28.5 Å². The van der Waals surface area contributed by atoms with Crippen molar-refractivity contribution in [3.63, 3.8) is 0 Å². The molecular weight excluding hydrogens is 337 g/mol. The third-order valence-corrected chi connectivity index (χ3v) is 4.45. The van der Waals surface area contributed by atoms with Gasteiger partial charge in [0, 0.05) is 18.8 Å². The molecule has 0 fully saturated rings. The Kier molecular flexibility index (Phi) is 5.09. The molecule has 23 heavy (non-hydrogen) atoms. The van der Waals surface area contributed by atoms with Gasteiger partial charge in [0.25, 0.3) is 5.69 Å². The number of rotatable bonds is 4. The van der Waals surface area contributed by atoms with Gasteiger partial charge in [0.15, 0.2) is 0 Å². The van der Waals surface area contributed by atoms with Crippen molar-refractivity contribution < 1.29 is 4.92 Å². The van der Waals surface area contributed by atoms with E-state index in [1.165, 1.54) is 12.1 Å². The molecule has 0 aromatic heterocycles. The van der Waals surface area contributed by atoms with Crippen molar-refractivity contribution in [2.45, 2.75) is 13.0 Å². The van der Waals surface area contributed by atoms with Crippen LogP contribution in [0.15, 0.2) is 36.4 Å². The molecule has 2 aromatic carbocycles. The van der Waals surface area contributed by atoms with Crippen molar-refractivity contribution in [2.24, 2.45) is 0 Å². The van der Waals surface area contributed by atoms with E-state index in [1.54, 1.807) is 18.2 Å². The summed E-state index contributed by atoms with van der Waals surface area (Å²) in [5, 5.41) is 20.9. The molecule has 0 aliphatic carbocycles. The van der Waals surface area contributed by atoms with Gasteiger partial charge in [-0.3, -0.25) is 10.1 Å². The quantitative estimate of drug-likeness (QED) is 0.576. The highest BCUT2D eigenvalue weighted by Crippen LogP contribution is 2.32. The Labute approximate surface area is 143 Å². The predicted molar refractivity (Wildman–Crippen MR) is 91.1 cm³/mol. The van der Waals surface area contributed by atoms with Crippen LogP contribution >= 0.6 is 23.2 Å². The third-order valence-electron chi connectivity index (χ3n) is 3.71. The summed E-state index contributed by atoms with van der Waals surface area (Å²) in [5.74, 6) is 0. The predicted octanol–water partition coefficient (Wildman–Crippen LogP) is 4.97. The fraction of sp³-hybridized carbons (Fsp3) is 0.188. The maximum atomic E-state index is 10.9. The third kappa shape index (κ3) is 3.55. The van der Waals surface area contributed by atoms with Gasteiger partial charge in [0.05, 0.1) is 21.0 Å². The van der Waals surface area contributed by atoms with Gasteiger partial charge in [-0.05, 0) is 36.8 Å². The lowest BCUT2D eigenvalue weighted by atomic mass is 10.1. The highest BCUT2D eigenvalue weighted by Gasteiger charge is 2.18. The second-order valence-corrected chi connectivity index (χ2v) is 5.85. The van der Waals surface area contributed by atoms with Gasteiger partial charge in [-0.25, -0.2) is 0 Å². The first kappa shape index (κ1) is 17.1. The summed E-state index contributed by atoms with van der Waals surface area (Å²) in [6.07, 6.45) is 0. The van der Waals surface area contributed by atoms with Crippen LogP contribution in [0.3, 0.4) is 0 Å². The number of nitro groups is 1. The number of anilines is 1. The maximum absolute atomic E-state index is 10.9. The molecule has 1 atom stereocenters. The fourth-order valence-electron chi connectivity index (χ4n) is 2.21. The van der Waals surface area contributed by atoms with Crippen molar-refractivity contribution in [3.05, 3.63) is 67.7 Å². The van der Waals surface area contributed by atoms with E-state index in [0.717, 1.165) is 5.56 Å². The van der Waals surface area contributed by atoms with E-state index in [-0.39, 0.29) is 17.3 Å². The average Bonchev–Trinajstić information content (AvgIpc) is 2.55. The Morgan fingerprint density at radius 3 is 2.48 bits per heavy atom. The zero-order valence-corrected chi connectivity index (χ0v) is 14.0. The van der Waals surface area contributed by atoms with Crippen LogP contribution in [0.4, 0.5) is 11.4 Å². The molecule has 0 aliphatic rings. The van der Waals surface area contributed by atoms with Gasteiger partial charge in [0.1, 0.15) is 11.6 Å². The zero-order chi connectivity index (χ0) is 17.1. The molecule has 0 bridgehead atoms. The summed E-state index contributed by atoms with van der Waals surface area (Å²) < 4.78 is 0. The monoisotopic (exact) mass is 349 g/mol. The number of benzene rings is 2. The van der Waals surface area contributed by atoms with Crippen LogP contribution in [0.5, 0.6) is 0 Å². The molecule has 118 valence electrons. The Morgan fingerprint density at radius 1 is 1.22 bits per heavy atom. The summed E-state index contributed by atoms with van der Waals surface area (Å²) in [7, 11) is 1.84. The van der Waals surface area contributed by atoms with Gasteiger partial charge >= 0.3 is 0 Å². The van der Waals surface area contributed by atoms with Crippen LogP contribution < -0.4 is 4.90 Å². The molecule has 0 N–H and O–H groups in total. The first-order valence-electron chi connectivity index (χ1n) is 6.71. The van der Waals surface area contributed by atoms with Crippen LogP contribution in [0.1, 0.15) is 24.1 Å². The molecule has 0 saturated heterocycles. The van der Waals surface area contributed by atoms with Gasteiger partial charge in [-0.2, -0.15) is 5.26 Å². The smallest absolute Gasteiger partial charge is 0.287 e. The van der Waals surface area contributed by atoms with E-state index in [0.29, 0.717) is 15.7 Å². The van der Waals surface area contributed by atoms with E-state index in [1.807, 2.05) is 31.0 Å². The summed E-state index contributed by atoms with van der Waals surface area (Å²) in [6, 6.07) is 11.6. The molecule has 0 heterocycles. The molecule has 0 spiro atoms. The average molecular weight is 350 g/mol. The topological polar surface area (TPSA) is 70.2 Å². The van der Waals surface area contributed by atoms with Crippen molar-refractivity contribution >= 4 is 34.6 Å². The first-order chi connectivity index (χ1) is 10.8. The van der Waals surface area contributed by atoms with Gasteiger partial charge < -0.3 is 4.90 Å². The lowest BCUT2D eigenvalue weighted by Gasteiger charge is -2.27. The summed E-state index contributed by atoms with van der Waals surface area (Å²) in [5.41, 5.74) is 1.47. The Morgan fingerprint density at radius 2 is 1.91 bits per heavy atom. The Bertz CT molecular complexity index is 802. The largest absolute Gasteiger partial charge is 0.368 e. The molecule has 7 heteroatoms. The lowest BCUT2D eigenvalue weighted by molar-refractivity contribution is -0.385. The molecule has 0 amide bonds. The highest BCUT2D eigenvalue weighted by atomic mass is 35.5. The van der Waals surface area contributed by atoms with Crippen molar-refractivity contribution in [3.8, 4) is 6.07 Å². The molecule has 0 radical (unpaired) electrons. The van der Waals surface area contributed by atoms with Crippen molar-refractivity contribution in [1.82, 2.24) is 0 Å². The number of hydrogen-bond acceptors (Lipinski definition) is 4. The summed E-state index contributed by atoms with van der Waals surface area (Å²) in [4.78, 5) is 12.2. The summed E-state index contributed by atoms with van der Waals surface area (Å²) in [6.45, 7) is 1.97. The molecule has 0 saturated carbocycles. The van der Waals surface area contributed by atoms with E-state index >= 15 is 0 Å². The molecule has 5 nitrogen and oxygen atoms in total. The zero-order valence-electron chi connectivity index (χ0n) is 12.5. The number of hydrogen-bond donors (Lipinski definition) is 0. The van der Waals surface area contributed by atoms with Crippen LogP contribution in [0.25, 0.3) is 0 Å². The SMILES string of the molecule is C[C@@H](c1ccc(Cl)c(Cl)c1)N(C)c1ccc([N+](=O)[O-])c(C#N)c1. The number of nitrogens with zero attached hydrogens (tertiary/aromatic N) is 3. The van der Waals surface area contributed by atoms with Gasteiger partial charge in [0.2, 0.25) is 0 Å². The lowest BCUT2D eigenvalue weighted by Crippen LogP contribution is -2.21. The maximum Gasteiger partial charge on any atom is 0.287 e. The summed E-state index contributed by atoms with van der Waals surface area (Å²) >= 11 is 12.0. The van der Waals surface area contributed by atoms with Crippen LogP contribution in [-0.4, -0.2) is 12.0 Å². The van der Waals surface area contributed by atoms with Crippen molar-refractivity contribution in [2.75, 3.05) is 11.9 Å². The second kappa shape index (κ2) is 6.86. The molecular formula is C16H13Cl2N3O2.